The van der Waals surface area contributed by atoms with E-state index in [1.54, 1.807) is 7.11 Å². The van der Waals surface area contributed by atoms with Crippen LogP contribution in [0.25, 0.3) is 0 Å². The highest BCUT2D eigenvalue weighted by atomic mass is 16.5. The van der Waals surface area contributed by atoms with Gasteiger partial charge in [-0.2, -0.15) is 0 Å². The molecule has 0 saturated carbocycles. The predicted octanol–water partition coefficient (Wildman–Crippen LogP) is 2.77. The molecule has 2 N–H and O–H groups in total. The van der Waals surface area contributed by atoms with Gasteiger partial charge in [0.05, 0.1) is 13.7 Å². The number of hydrogen-bond donors (Lipinski definition) is 1. The molecular formula is C17H20N2O2. The molecule has 0 fully saturated rings. The summed E-state index contributed by atoms with van der Waals surface area (Å²) in [7, 11) is 1.68. The first-order valence-corrected chi connectivity index (χ1v) is 7.18. The average Bonchev–Trinajstić information content (AvgIpc) is 2.49. The van der Waals surface area contributed by atoms with E-state index in [-0.39, 0.29) is 0 Å². The highest BCUT2D eigenvalue weighted by molar-refractivity contribution is 5.48. The van der Waals surface area contributed by atoms with Gasteiger partial charge in [0.1, 0.15) is 5.82 Å². The normalized spacial score (nSPS) is 17.0. The van der Waals surface area contributed by atoms with E-state index in [1.807, 2.05) is 25.1 Å². The third-order valence-corrected chi connectivity index (χ3v) is 3.98. The fourth-order valence-electron chi connectivity index (χ4n) is 2.88. The maximum atomic E-state index is 5.92. The Kier molecular flexibility index (Phi) is 3.69. The summed E-state index contributed by atoms with van der Waals surface area (Å²) in [4.78, 5) is 4.33. The summed E-state index contributed by atoms with van der Waals surface area (Å²) in [5.74, 6) is 2.74. The first-order valence-electron chi connectivity index (χ1n) is 7.18. The van der Waals surface area contributed by atoms with Crippen molar-refractivity contribution in [3.05, 3.63) is 47.2 Å². The number of nitrogen functional groups attached to an aromatic ring is 1. The Balaban J connectivity index is 1.77. The molecule has 4 nitrogen and oxygen atoms in total. The number of benzene rings is 1. The molecule has 0 spiro atoms. The Morgan fingerprint density at radius 1 is 1.33 bits per heavy atom. The standard InChI is InChI=1S/C17H20N2O2/c1-11-13(6-7-16(18)19-11)8-12-9-14-4-3-5-15(20-2)17(14)21-10-12/h3-7,12H,8-10H2,1-2H3,(H2,18,19)/t12-/m0/s1. The van der Waals surface area contributed by atoms with E-state index in [0.717, 1.165) is 30.0 Å². The van der Waals surface area contributed by atoms with Crippen molar-refractivity contribution in [2.75, 3.05) is 19.5 Å². The van der Waals surface area contributed by atoms with Crippen molar-refractivity contribution in [2.45, 2.75) is 19.8 Å². The summed E-state index contributed by atoms with van der Waals surface area (Å²) in [6, 6.07) is 9.99. The largest absolute Gasteiger partial charge is 0.493 e. The minimum Gasteiger partial charge on any atom is -0.493 e. The van der Waals surface area contributed by atoms with Crippen LogP contribution in [0.4, 0.5) is 5.82 Å². The van der Waals surface area contributed by atoms with Crippen molar-refractivity contribution >= 4 is 5.82 Å². The minimum atomic E-state index is 0.453. The fraction of sp³-hybridized carbons (Fsp3) is 0.353. The molecule has 1 atom stereocenters. The van der Waals surface area contributed by atoms with Crippen LogP contribution in [0.3, 0.4) is 0 Å². The Bertz CT molecular complexity index is 655. The zero-order chi connectivity index (χ0) is 14.8. The number of aromatic nitrogens is 1. The number of ether oxygens (including phenoxy) is 2. The monoisotopic (exact) mass is 284 g/mol. The number of anilines is 1. The van der Waals surface area contributed by atoms with Crippen molar-refractivity contribution < 1.29 is 9.47 Å². The van der Waals surface area contributed by atoms with E-state index in [9.17, 15) is 0 Å². The number of methoxy groups -OCH3 is 1. The third-order valence-electron chi connectivity index (χ3n) is 3.98. The molecule has 21 heavy (non-hydrogen) atoms. The topological polar surface area (TPSA) is 57.4 Å². The van der Waals surface area contributed by atoms with Gasteiger partial charge < -0.3 is 15.2 Å². The van der Waals surface area contributed by atoms with Gasteiger partial charge in [0.15, 0.2) is 11.5 Å². The number of para-hydroxylation sites is 1. The molecule has 1 aliphatic rings. The lowest BCUT2D eigenvalue weighted by molar-refractivity contribution is 0.211. The molecule has 110 valence electrons. The summed E-state index contributed by atoms with van der Waals surface area (Å²) < 4.78 is 11.3. The van der Waals surface area contributed by atoms with Crippen molar-refractivity contribution in [1.29, 1.82) is 0 Å². The van der Waals surface area contributed by atoms with Crippen LogP contribution in [0.2, 0.25) is 0 Å². The average molecular weight is 284 g/mol. The number of pyridine rings is 1. The highest BCUT2D eigenvalue weighted by Crippen LogP contribution is 2.36. The van der Waals surface area contributed by atoms with Crippen LogP contribution in [-0.4, -0.2) is 18.7 Å². The van der Waals surface area contributed by atoms with Crippen molar-refractivity contribution in [3.63, 3.8) is 0 Å². The van der Waals surface area contributed by atoms with Crippen molar-refractivity contribution in [1.82, 2.24) is 4.98 Å². The summed E-state index contributed by atoms with van der Waals surface area (Å²) in [5, 5.41) is 0. The molecule has 1 aromatic heterocycles. The van der Waals surface area contributed by atoms with Crippen LogP contribution in [0.5, 0.6) is 11.5 Å². The molecule has 2 aromatic rings. The van der Waals surface area contributed by atoms with E-state index in [1.165, 1.54) is 11.1 Å². The Morgan fingerprint density at radius 2 is 2.19 bits per heavy atom. The molecule has 0 amide bonds. The van der Waals surface area contributed by atoms with Gasteiger partial charge in [0.25, 0.3) is 0 Å². The Morgan fingerprint density at radius 3 is 2.95 bits per heavy atom. The Hall–Kier alpha value is -2.23. The summed E-state index contributed by atoms with van der Waals surface area (Å²) in [5.41, 5.74) is 9.17. The van der Waals surface area contributed by atoms with Crippen LogP contribution >= 0.6 is 0 Å². The van der Waals surface area contributed by atoms with Crippen LogP contribution in [-0.2, 0) is 12.8 Å². The van der Waals surface area contributed by atoms with Crippen LogP contribution in [0.15, 0.2) is 30.3 Å². The van der Waals surface area contributed by atoms with Gasteiger partial charge in [0.2, 0.25) is 0 Å². The molecule has 0 bridgehead atoms. The highest BCUT2D eigenvalue weighted by Gasteiger charge is 2.23. The van der Waals surface area contributed by atoms with Crippen LogP contribution in [0, 0.1) is 12.8 Å². The van der Waals surface area contributed by atoms with Crippen molar-refractivity contribution in [3.8, 4) is 11.5 Å². The molecule has 1 aliphatic heterocycles. The molecule has 2 heterocycles. The van der Waals surface area contributed by atoms with Gasteiger partial charge in [-0.1, -0.05) is 18.2 Å². The predicted molar refractivity (Wildman–Crippen MR) is 82.8 cm³/mol. The summed E-state index contributed by atoms with van der Waals surface area (Å²) in [6.45, 7) is 2.71. The van der Waals surface area contributed by atoms with Gasteiger partial charge in [-0.05, 0) is 43.0 Å². The van der Waals surface area contributed by atoms with Crippen molar-refractivity contribution in [2.24, 2.45) is 5.92 Å². The number of nitrogens with two attached hydrogens (primary N) is 1. The SMILES string of the molecule is COc1cccc2c1OC[C@@H](Cc1ccc(N)nc1C)C2. The van der Waals surface area contributed by atoms with E-state index in [2.05, 4.69) is 17.1 Å². The number of aryl methyl sites for hydroxylation is 1. The molecule has 0 unspecified atom stereocenters. The summed E-state index contributed by atoms with van der Waals surface area (Å²) >= 11 is 0. The second kappa shape index (κ2) is 5.64. The van der Waals surface area contributed by atoms with Gasteiger partial charge >= 0.3 is 0 Å². The lowest BCUT2D eigenvalue weighted by atomic mass is 9.90. The second-order valence-corrected chi connectivity index (χ2v) is 5.51. The zero-order valence-corrected chi connectivity index (χ0v) is 12.4. The minimum absolute atomic E-state index is 0.453. The van der Waals surface area contributed by atoms with E-state index < -0.39 is 0 Å². The lowest BCUT2D eigenvalue weighted by Crippen LogP contribution is -2.23. The summed E-state index contributed by atoms with van der Waals surface area (Å²) in [6.07, 6.45) is 1.95. The van der Waals surface area contributed by atoms with Crippen LogP contribution < -0.4 is 15.2 Å². The maximum Gasteiger partial charge on any atom is 0.164 e. The van der Waals surface area contributed by atoms with Gasteiger partial charge in [-0.3, -0.25) is 0 Å². The van der Waals surface area contributed by atoms with Gasteiger partial charge in [0, 0.05) is 11.6 Å². The number of hydrogen-bond acceptors (Lipinski definition) is 4. The van der Waals surface area contributed by atoms with Gasteiger partial charge in [-0.15, -0.1) is 0 Å². The second-order valence-electron chi connectivity index (χ2n) is 5.51. The molecule has 4 heteroatoms. The molecule has 3 rings (SSSR count). The molecule has 1 aromatic carbocycles. The number of rotatable bonds is 3. The number of nitrogens with zero attached hydrogens (tertiary/aromatic N) is 1. The lowest BCUT2D eigenvalue weighted by Gasteiger charge is -2.26. The first kappa shape index (κ1) is 13.7. The smallest absolute Gasteiger partial charge is 0.164 e. The first-order chi connectivity index (χ1) is 10.2. The van der Waals surface area contributed by atoms with Crippen LogP contribution in [0.1, 0.15) is 16.8 Å². The Labute approximate surface area is 124 Å². The number of fused-ring (bicyclic) bond motifs is 1. The molecule has 0 saturated heterocycles. The molecular weight excluding hydrogens is 264 g/mol. The third kappa shape index (κ3) is 2.79. The molecule has 0 aliphatic carbocycles. The maximum absolute atomic E-state index is 5.92. The van der Waals surface area contributed by atoms with E-state index in [0.29, 0.717) is 18.3 Å². The van der Waals surface area contributed by atoms with E-state index >= 15 is 0 Å². The van der Waals surface area contributed by atoms with E-state index in [4.69, 9.17) is 15.2 Å². The fourth-order valence-corrected chi connectivity index (χ4v) is 2.88. The van der Waals surface area contributed by atoms with Gasteiger partial charge in [-0.25, -0.2) is 4.98 Å². The quantitative estimate of drug-likeness (QED) is 0.941. The molecule has 0 radical (unpaired) electrons. The zero-order valence-electron chi connectivity index (χ0n) is 12.4.